The zero-order chi connectivity index (χ0) is 17.8. The molecule has 1 aliphatic rings. The molecule has 1 heterocycles. The fraction of sp³-hybridized carbons (Fsp3) is 0.500. The van der Waals surface area contributed by atoms with Crippen LogP contribution in [-0.2, 0) is 5.75 Å². The second-order valence-corrected chi connectivity index (χ2v) is 6.80. The topological polar surface area (TPSA) is 130 Å². The minimum Gasteiger partial charge on any atom is -0.258 e. The minimum atomic E-state index is -0.632. The third kappa shape index (κ3) is 4.10. The Balaban J connectivity index is 1.77. The number of nitro benzene ring substituents is 2. The summed E-state index contributed by atoms with van der Waals surface area (Å²) in [5.41, 5.74) is -0.0996. The van der Waals surface area contributed by atoms with Crippen molar-refractivity contribution in [1.29, 1.82) is 0 Å². The highest BCUT2D eigenvalue weighted by atomic mass is 32.2. The van der Waals surface area contributed by atoms with Crippen molar-refractivity contribution in [2.24, 2.45) is 0 Å². The van der Waals surface area contributed by atoms with E-state index in [4.69, 9.17) is 0 Å². The summed E-state index contributed by atoms with van der Waals surface area (Å²) in [6.07, 6.45) is 5.57. The van der Waals surface area contributed by atoms with Gasteiger partial charge in [-0.05, 0) is 28.8 Å². The van der Waals surface area contributed by atoms with Gasteiger partial charge in [-0.2, -0.15) is 0 Å². The molecule has 0 saturated heterocycles. The molecule has 0 atom stereocenters. The summed E-state index contributed by atoms with van der Waals surface area (Å²) in [6.45, 7) is 0. The predicted molar refractivity (Wildman–Crippen MR) is 89.3 cm³/mol. The molecular weight excluding hydrogens is 348 g/mol. The van der Waals surface area contributed by atoms with Gasteiger partial charge in [0.15, 0.2) is 0 Å². The molecule has 0 unspecified atom stereocenters. The molecule has 0 bridgehead atoms. The SMILES string of the molecule is O=[N+]([O-])c1cc(CSc2nnnn2C2CCCCC2)cc([N+](=O)[O-])c1. The monoisotopic (exact) mass is 364 g/mol. The number of thioether (sulfide) groups is 1. The molecule has 0 aliphatic heterocycles. The van der Waals surface area contributed by atoms with Crippen LogP contribution in [0, 0.1) is 20.2 Å². The number of rotatable bonds is 6. The van der Waals surface area contributed by atoms with E-state index in [0.29, 0.717) is 16.5 Å². The van der Waals surface area contributed by atoms with Gasteiger partial charge in [0, 0.05) is 17.9 Å². The number of tetrazole rings is 1. The molecule has 1 aliphatic carbocycles. The number of aromatic nitrogens is 4. The van der Waals surface area contributed by atoms with Gasteiger partial charge in [0.05, 0.1) is 22.0 Å². The lowest BCUT2D eigenvalue weighted by atomic mass is 9.96. The summed E-state index contributed by atoms with van der Waals surface area (Å²) in [4.78, 5) is 20.7. The lowest BCUT2D eigenvalue weighted by Crippen LogP contribution is -2.15. The molecule has 3 rings (SSSR count). The van der Waals surface area contributed by atoms with Crippen molar-refractivity contribution in [2.75, 3.05) is 0 Å². The minimum absolute atomic E-state index is 0.269. The Morgan fingerprint density at radius 3 is 2.32 bits per heavy atom. The van der Waals surface area contributed by atoms with E-state index in [0.717, 1.165) is 31.7 Å². The first-order valence-corrected chi connectivity index (χ1v) is 8.86. The lowest BCUT2D eigenvalue weighted by Gasteiger charge is -2.21. The van der Waals surface area contributed by atoms with Gasteiger partial charge in [-0.3, -0.25) is 20.2 Å². The highest BCUT2D eigenvalue weighted by Crippen LogP contribution is 2.32. The van der Waals surface area contributed by atoms with Crippen LogP contribution in [0.2, 0.25) is 0 Å². The Hall–Kier alpha value is -2.56. The first-order chi connectivity index (χ1) is 12.0. The second kappa shape index (κ2) is 7.55. The standard InChI is InChI=1S/C14H16N6O4S/c21-19(22)12-6-10(7-13(8-12)20(23)24)9-25-14-15-16-17-18(14)11-4-2-1-3-5-11/h6-8,11H,1-5,9H2. The van der Waals surface area contributed by atoms with Gasteiger partial charge in [0.25, 0.3) is 11.4 Å². The van der Waals surface area contributed by atoms with Crippen LogP contribution in [0.3, 0.4) is 0 Å². The fourth-order valence-corrected chi connectivity index (χ4v) is 3.81. The molecule has 1 fully saturated rings. The van der Waals surface area contributed by atoms with E-state index >= 15 is 0 Å². The van der Waals surface area contributed by atoms with E-state index in [1.165, 1.54) is 30.3 Å². The molecule has 1 aromatic heterocycles. The Labute approximate surface area is 146 Å². The fourth-order valence-electron chi connectivity index (χ4n) is 2.93. The zero-order valence-electron chi connectivity index (χ0n) is 13.3. The maximum absolute atomic E-state index is 11.0. The van der Waals surface area contributed by atoms with Gasteiger partial charge < -0.3 is 0 Å². The van der Waals surface area contributed by atoms with Gasteiger partial charge in [0.1, 0.15) is 0 Å². The van der Waals surface area contributed by atoms with Crippen molar-refractivity contribution in [3.05, 3.63) is 44.0 Å². The van der Waals surface area contributed by atoms with Crippen LogP contribution in [0.15, 0.2) is 23.4 Å². The molecule has 25 heavy (non-hydrogen) atoms. The first kappa shape index (κ1) is 17.3. The first-order valence-electron chi connectivity index (χ1n) is 7.88. The molecule has 0 amide bonds. The number of non-ortho nitro benzene ring substituents is 2. The van der Waals surface area contributed by atoms with E-state index in [1.807, 2.05) is 0 Å². The molecule has 10 nitrogen and oxygen atoms in total. The number of nitro groups is 2. The molecule has 2 aromatic rings. The summed E-state index contributed by atoms with van der Waals surface area (Å²) >= 11 is 1.32. The third-order valence-electron chi connectivity index (χ3n) is 4.14. The highest BCUT2D eigenvalue weighted by Gasteiger charge is 2.21. The van der Waals surface area contributed by atoms with Gasteiger partial charge >= 0.3 is 0 Å². The average Bonchev–Trinajstić information content (AvgIpc) is 3.09. The maximum atomic E-state index is 11.0. The van der Waals surface area contributed by atoms with Crippen molar-refractivity contribution in [1.82, 2.24) is 20.2 Å². The maximum Gasteiger partial charge on any atom is 0.276 e. The second-order valence-electron chi connectivity index (χ2n) is 5.86. The molecule has 1 saturated carbocycles. The Morgan fingerprint density at radius 2 is 1.72 bits per heavy atom. The van der Waals surface area contributed by atoms with Crippen molar-refractivity contribution in [3.63, 3.8) is 0 Å². The molecule has 0 radical (unpaired) electrons. The van der Waals surface area contributed by atoms with Crippen LogP contribution in [0.4, 0.5) is 11.4 Å². The molecule has 1 aromatic carbocycles. The van der Waals surface area contributed by atoms with Gasteiger partial charge in [0.2, 0.25) is 5.16 Å². The van der Waals surface area contributed by atoms with E-state index in [9.17, 15) is 20.2 Å². The van der Waals surface area contributed by atoms with Crippen LogP contribution >= 0.6 is 11.8 Å². The number of nitrogens with zero attached hydrogens (tertiary/aromatic N) is 6. The molecule has 11 heteroatoms. The van der Waals surface area contributed by atoms with Crippen molar-refractivity contribution in [2.45, 2.75) is 49.1 Å². The van der Waals surface area contributed by atoms with Gasteiger partial charge in [-0.1, -0.05) is 31.0 Å². The third-order valence-corrected chi connectivity index (χ3v) is 5.14. The molecule has 0 N–H and O–H groups in total. The zero-order valence-corrected chi connectivity index (χ0v) is 14.1. The Bertz CT molecular complexity index is 757. The van der Waals surface area contributed by atoms with Crippen LogP contribution < -0.4 is 0 Å². The van der Waals surface area contributed by atoms with Crippen LogP contribution in [0.5, 0.6) is 0 Å². The van der Waals surface area contributed by atoms with E-state index in [-0.39, 0.29) is 17.4 Å². The smallest absolute Gasteiger partial charge is 0.258 e. The van der Waals surface area contributed by atoms with Gasteiger partial charge in [-0.25, -0.2) is 4.68 Å². The summed E-state index contributed by atoms with van der Waals surface area (Å²) in [6, 6.07) is 3.91. The lowest BCUT2D eigenvalue weighted by molar-refractivity contribution is -0.394. The summed E-state index contributed by atoms with van der Waals surface area (Å²) in [5.74, 6) is 0.315. The van der Waals surface area contributed by atoms with Crippen LogP contribution in [0.1, 0.15) is 43.7 Å². The quantitative estimate of drug-likeness (QED) is 0.433. The van der Waals surface area contributed by atoms with Crippen molar-refractivity contribution < 1.29 is 9.85 Å². The molecule has 132 valence electrons. The van der Waals surface area contributed by atoms with E-state index in [2.05, 4.69) is 15.5 Å². The predicted octanol–water partition coefficient (Wildman–Crippen LogP) is 3.29. The summed E-state index contributed by atoms with van der Waals surface area (Å²) < 4.78 is 1.80. The van der Waals surface area contributed by atoms with Crippen molar-refractivity contribution in [3.8, 4) is 0 Å². The van der Waals surface area contributed by atoms with Crippen LogP contribution in [0.25, 0.3) is 0 Å². The molecule has 0 spiro atoms. The van der Waals surface area contributed by atoms with Gasteiger partial charge in [-0.15, -0.1) is 5.10 Å². The summed E-state index contributed by atoms with van der Waals surface area (Å²) in [5, 5.41) is 34.4. The number of hydrogen-bond acceptors (Lipinski definition) is 8. The average molecular weight is 364 g/mol. The Morgan fingerprint density at radius 1 is 1.08 bits per heavy atom. The van der Waals surface area contributed by atoms with E-state index < -0.39 is 9.85 Å². The summed E-state index contributed by atoms with van der Waals surface area (Å²) in [7, 11) is 0. The number of benzene rings is 1. The van der Waals surface area contributed by atoms with E-state index in [1.54, 1.807) is 4.68 Å². The normalized spacial score (nSPS) is 15.2. The van der Waals surface area contributed by atoms with Crippen molar-refractivity contribution >= 4 is 23.1 Å². The Kier molecular flexibility index (Phi) is 5.22. The molecular formula is C14H16N6O4S. The number of hydrogen-bond donors (Lipinski definition) is 0. The highest BCUT2D eigenvalue weighted by molar-refractivity contribution is 7.98. The largest absolute Gasteiger partial charge is 0.276 e. The van der Waals surface area contributed by atoms with Crippen LogP contribution in [-0.4, -0.2) is 30.1 Å².